The third-order valence-corrected chi connectivity index (χ3v) is 6.66. The Bertz CT molecular complexity index is 473. The maximum Gasteiger partial charge on any atom is 0.320 e. The molecule has 0 radical (unpaired) electrons. The van der Waals surface area contributed by atoms with Gasteiger partial charge in [-0.25, -0.2) is 3.89 Å². The molecule has 7 heteroatoms. The lowest BCUT2D eigenvalue weighted by Gasteiger charge is -2.33. The number of methoxy groups -OCH3 is 2. The quantitative estimate of drug-likeness (QED) is 0.118. The fraction of sp³-hybridized carbons (Fsp3) is 0.857. The third-order valence-electron chi connectivity index (χ3n) is 5.20. The number of hydrogen-bond donors (Lipinski definition) is 1. The number of ether oxygens (including phenoxy) is 2. The second kappa shape index (κ2) is 16.2. The predicted octanol–water partition coefficient (Wildman–Crippen LogP) is 5.27. The zero-order valence-corrected chi connectivity index (χ0v) is 19.9. The van der Waals surface area contributed by atoms with Crippen molar-refractivity contribution in [3.8, 4) is 0 Å². The van der Waals surface area contributed by atoms with E-state index in [0.29, 0.717) is 11.5 Å². The minimum absolute atomic E-state index is 0.111. The molecule has 0 amide bonds. The molecule has 2 unspecified atom stereocenters. The maximum atomic E-state index is 12.1. The van der Waals surface area contributed by atoms with Gasteiger partial charge in [0.15, 0.2) is 5.92 Å². The Morgan fingerprint density at radius 2 is 1.39 bits per heavy atom. The van der Waals surface area contributed by atoms with Crippen molar-refractivity contribution in [1.82, 2.24) is 0 Å². The Morgan fingerprint density at radius 1 is 0.893 bits per heavy atom. The number of unbranched alkanes of at least 4 members (excludes halogenated alkanes) is 9. The Kier molecular flexibility index (Phi) is 15.8. The normalized spacial score (nSPS) is 14.2. The minimum Gasteiger partial charge on any atom is -0.469 e. The predicted molar refractivity (Wildman–Crippen MR) is 121 cm³/mol. The zero-order valence-electron chi connectivity index (χ0n) is 18.2. The summed E-state index contributed by atoms with van der Waals surface area (Å²) in [5, 5.41) is 0. The first-order chi connectivity index (χ1) is 13.4. The van der Waals surface area contributed by atoms with Gasteiger partial charge in [0, 0.05) is 0 Å². The lowest BCUT2D eigenvalue weighted by molar-refractivity contribution is -0.692. The highest BCUT2D eigenvalue weighted by Crippen LogP contribution is 2.24. The van der Waals surface area contributed by atoms with Crippen LogP contribution in [-0.4, -0.2) is 48.1 Å². The van der Waals surface area contributed by atoms with Crippen molar-refractivity contribution < 1.29 is 23.0 Å². The summed E-state index contributed by atoms with van der Waals surface area (Å²) in [6, 6.07) is 0. The van der Waals surface area contributed by atoms with Crippen LogP contribution >= 0.6 is 25.0 Å². The smallest absolute Gasteiger partial charge is 0.320 e. The number of rotatable bonds is 16. The molecular weight excluding hydrogens is 394 g/mol. The number of thiocarbonyl (C=S) groups is 1. The van der Waals surface area contributed by atoms with Gasteiger partial charge < -0.3 is 9.47 Å². The minimum atomic E-state index is -0.812. The van der Waals surface area contributed by atoms with Crippen LogP contribution in [0.3, 0.4) is 0 Å². The Labute approximate surface area is 182 Å². The van der Waals surface area contributed by atoms with Crippen LogP contribution in [0.4, 0.5) is 0 Å². The summed E-state index contributed by atoms with van der Waals surface area (Å²) < 4.78 is 9.74. The van der Waals surface area contributed by atoms with Gasteiger partial charge in [-0.2, -0.15) is 0 Å². The van der Waals surface area contributed by atoms with E-state index in [2.05, 4.69) is 6.92 Å². The van der Waals surface area contributed by atoms with Gasteiger partial charge >= 0.3 is 11.9 Å². The number of thiol groups is 1. The van der Waals surface area contributed by atoms with E-state index < -0.39 is 17.9 Å². The van der Waals surface area contributed by atoms with Gasteiger partial charge in [0.1, 0.15) is 0 Å². The van der Waals surface area contributed by atoms with Gasteiger partial charge in [-0.1, -0.05) is 58.3 Å². The molecular formula is C21H40NO4S2+. The molecule has 0 aliphatic heterocycles. The summed E-state index contributed by atoms with van der Waals surface area (Å²) in [5.74, 6) is -1.80. The van der Waals surface area contributed by atoms with Gasteiger partial charge in [0.25, 0.3) is 0 Å². The summed E-state index contributed by atoms with van der Waals surface area (Å²) in [5.41, 5.74) is 0. The van der Waals surface area contributed by atoms with Gasteiger partial charge in [-0.3, -0.25) is 9.59 Å². The van der Waals surface area contributed by atoms with E-state index in [1.54, 1.807) is 0 Å². The van der Waals surface area contributed by atoms with Crippen LogP contribution < -0.4 is 0 Å². The molecule has 0 aliphatic carbocycles. The van der Waals surface area contributed by atoms with E-state index >= 15 is 0 Å². The van der Waals surface area contributed by atoms with Crippen molar-refractivity contribution in [2.24, 2.45) is 5.92 Å². The topological polar surface area (TPSA) is 52.6 Å². The Balaban J connectivity index is 4.43. The van der Waals surface area contributed by atoms with Gasteiger partial charge in [0.05, 0.1) is 46.5 Å². The lowest BCUT2D eigenvalue weighted by Crippen LogP contribution is -2.49. The molecule has 0 rings (SSSR count). The van der Waals surface area contributed by atoms with Crippen molar-refractivity contribution in [2.75, 3.05) is 27.3 Å². The SMILES string of the molecule is CCCCCCCCCCCC[N+](S)(CC)C(=S)C(CC(=O)OC)C(=O)OC. The van der Waals surface area contributed by atoms with Crippen LogP contribution in [0, 0.1) is 5.92 Å². The van der Waals surface area contributed by atoms with Crippen LogP contribution in [0.2, 0.25) is 0 Å². The molecule has 0 aliphatic rings. The van der Waals surface area contributed by atoms with E-state index in [-0.39, 0.29) is 10.3 Å². The average Bonchev–Trinajstić information content (AvgIpc) is 2.71. The number of quaternary nitrogens is 1. The molecule has 0 bridgehead atoms. The van der Waals surface area contributed by atoms with E-state index in [0.717, 1.165) is 19.4 Å². The molecule has 0 N–H and O–H groups in total. The van der Waals surface area contributed by atoms with Crippen LogP contribution in [0.25, 0.3) is 0 Å². The highest BCUT2D eigenvalue weighted by atomic mass is 32.1. The molecule has 28 heavy (non-hydrogen) atoms. The van der Waals surface area contributed by atoms with Crippen molar-refractivity contribution in [3.05, 3.63) is 0 Å². The highest BCUT2D eigenvalue weighted by Gasteiger charge is 2.40. The lowest BCUT2D eigenvalue weighted by atomic mass is 10.0. The van der Waals surface area contributed by atoms with Crippen molar-refractivity contribution in [2.45, 2.75) is 84.5 Å². The fourth-order valence-electron chi connectivity index (χ4n) is 3.24. The molecule has 0 aromatic rings. The largest absolute Gasteiger partial charge is 0.469 e. The number of carbonyl (C=O) groups is 2. The first-order valence-corrected chi connectivity index (χ1v) is 11.5. The standard InChI is InChI=1S/C21H40NO4S2/c1-5-7-8-9-10-11-12-13-14-15-16-22(28,6-2)20(27)18(21(24)26-4)17-19(23)25-3/h18,28H,5-17H2,1-4H3/q+1. The molecule has 0 fully saturated rings. The fourth-order valence-corrected chi connectivity index (χ4v) is 3.92. The van der Waals surface area contributed by atoms with E-state index in [1.165, 1.54) is 65.6 Å². The molecule has 2 atom stereocenters. The first kappa shape index (κ1) is 27.3. The van der Waals surface area contributed by atoms with Gasteiger partial charge in [-0.15, -0.1) is 0 Å². The van der Waals surface area contributed by atoms with Crippen molar-refractivity contribution in [1.29, 1.82) is 0 Å². The summed E-state index contributed by atoms with van der Waals surface area (Å²) in [4.78, 5) is 24.3. The number of hydrogen-bond acceptors (Lipinski definition) is 6. The summed E-state index contributed by atoms with van der Waals surface area (Å²) in [6.45, 7) is 5.62. The molecule has 0 aromatic heterocycles. The van der Waals surface area contributed by atoms with E-state index in [9.17, 15) is 9.59 Å². The first-order valence-electron chi connectivity index (χ1n) is 10.6. The number of esters is 2. The monoisotopic (exact) mass is 434 g/mol. The molecule has 164 valence electrons. The molecule has 0 heterocycles. The van der Waals surface area contributed by atoms with Gasteiger partial charge in [-0.05, 0) is 32.0 Å². The Morgan fingerprint density at radius 3 is 1.82 bits per heavy atom. The van der Waals surface area contributed by atoms with E-state index in [4.69, 9.17) is 34.5 Å². The summed E-state index contributed by atoms with van der Waals surface area (Å²) >= 11 is 10.3. The average molecular weight is 435 g/mol. The van der Waals surface area contributed by atoms with Crippen molar-refractivity contribution >= 4 is 42.0 Å². The van der Waals surface area contributed by atoms with E-state index in [1.807, 2.05) is 6.92 Å². The molecule has 0 aromatic carbocycles. The number of carbonyl (C=O) groups excluding carboxylic acids is 2. The second-order valence-corrected chi connectivity index (χ2v) is 8.52. The van der Waals surface area contributed by atoms with Crippen LogP contribution in [-0.2, 0) is 19.1 Å². The van der Waals surface area contributed by atoms with Crippen LogP contribution in [0.1, 0.15) is 84.5 Å². The molecule has 5 nitrogen and oxygen atoms in total. The Hall–Kier alpha value is -0.660. The molecule has 0 spiro atoms. The maximum absolute atomic E-state index is 12.1. The zero-order chi connectivity index (χ0) is 21.4. The van der Waals surface area contributed by atoms with Crippen LogP contribution in [0.5, 0.6) is 0 Å². The van der Waals surface area contributed by atoms with Crippen LogP contribution in [0.15, 0.2) is 0 Å². The molecule has 0 saturated heterocycles. The second-order valence-electron chi connectivity index (χ2n) is 7.34. The number of nitrogens with zero attached hydrogens (tertiary/aromatic N) is 1. The van der Waals surface area contributed by atoms with Crippen molar-refractivity contribution in [3.63, 3.8) is 0 Å². The third kappa shape index (κ3) is 10.8. The molecule has 0 saturated carbocycles. The highest BCUT2D eigenvalue weighted by molar-refractivity contribution is 7.82. The summed E-state index contributed by atoms with van der Waals surface area (Å²) in [7, 11) is 2.60. The van der Waals surface area contributed by atoms with Gasteiger partial charge in [0.2, 0.25) is 4.99 Å². The summed E-state index contributed by atoms with van der Waals surface area (Å²) in [6.07, 6.45) is 12.5.